The Hall–Kier alpha value is -0.206. The number of hydrogen-bond acceptors (Lipinski definition) is 3. The lowest BCUT2D eigenvalue weighted by Gasteiger charge is -2.34. The zero-order valence-corrected chi connectivity index (χ0v) is 24.6. The summed E-state index contributed by atoms with van der Waals surface area (Å²) >= 11 is 0. The largest absolute Gasteiger partial charge is 0.417 e. The van der Waals surface area contributed by atoms with Gasteiger partial charge >= 0.3 is 0 Å². The molecule has 1 aliphatic rings. The lowest BCUT2D eigenvalue weighted by Crippen LogP contribution is -2.40. The SMILES string of the molecule is C=C(C)C[C@@H](CCC1O[C@@H](CCCO[Si](CC)(CC)CC)CC1=C)O[Si](CC)(CC)CC. The molecule has 3 nitrogen and oxygen atoms in total. The van der Waals surface area contributed by atoms with E-state index in [2.05, 4.69) is 61.6 Å². The van der Waals surface area contributed by atoms with E-state index in [1.165, 1.54) is 47.4 Å². The Morgan fingerprint density at radius 2 is 1.53 bits per heavy atom. The molecule has 1 aliphatic heterocycles. The maximum absolute atomic E-state index is 6.84. The smallest absolute Gasteiger partial charge is 0.192 e. The lowest BCUT2D eigenvalue weighted by molar-refractivity contribution is 0.0320. The first-order chi connectivity index (χ1) is 15.2. The zero-order chi connectivity index (χ0) is 24.2. The van der Waals surface area contributed by atoms with Gasteiger partial charge in [-0.3, -0.25) is 0 Å². The molecule has 0 amide bonds. The Balaban J connectivity index is 2.53. The number of rotatable bonds is 18. The summed E-state index contributed by atoms with van der Waals surface area (Å²) in [5, 5.41) is 0. The van der Waals surface area contributed by atoms with Crippen molar-refractivity contribution in [1.82, 2.24) is 0 Å². The first-order valence-corrected chi connectivity index (χ1v) is 18.6. The Kier molecular flexibility index (Phi) is 13.9. The van der Waals surface area contributed by atoms with Crippen LogP contribution in [-0.2, 0) is 13.6 Å². The van der Waals surface area contributed by atoms with Gasteiger partial charge in [0.1, 0.15) is 0 Å². The molecule has 0 radical (unpaired) electrons. The van der Waals surface area contributed by atoms with E-state index in [1.54, 1.807) is 0 Å². The van der Waals surface area contributed by atoms with Crippen molar-refractivity contribution in [3.8, 4) is 0 Å². The predicted molar refractivity (Wildman–Crippen MR) is 146 cm³/mol. The van der Waals surface area contributed by atoms with Gasteiger partial charge in [0.25, 0.3) is 0 Å². The summed E-state index contributed by atoms with van der Waals surface area (Å²) in [4.78, 5) is 0. The monoisotopic (exact) mass is 482 g/mol. The summed E-state index contributed by atoms with van der Waals surface area (Å²) in [5.41, 5.74) is 2.49. The summed E-state index contributed by atoms with van der Waals surface area (Å²) in [6.45, 7) is 25.4. The van der Waals surface area contributed by atoms with Crippen molar-refractivity contribution < 1.29 is 13.6 Å². The molecular weight excluding hydrogens is 428 g/mol. The van der Waals surface area contributed by atoms with Crippen LogP contribution in [0.25, 0.3) is 0 Å². The van der Waals surface area contributed by atoms with Crippen LogP contribution in [0.2, 0.25) is 36.3 Å². The third-order valence-corrected chi connectivity index (χ3v) is 17.4. The van der Waals surface area contributed by atoms with E-state index in [4.69, 9.17) is 13.6 Å². The molecule has 1 saturated heterocycles. The molecule has 1 fully saturated rings. The fraction of sp³-hybridized carbons (Fsp3) is 0.852. The molecule has 188 valence electrons. The van der Waals surface area contributed by atoms with Gasteiger partial charge in [-0.05, 0) is 87.3 Å². The van der Waals surface area contributed by atoms with E-state index < -0.39 is 16.6 Å². The molecule has 3 atom stereocenters. The molecule has 0 N–H and O–H groups in total. The van der Waals surface area contributed by atoms with Crippen molar-refractivity contribution in [3.05, 3.63) is 24.3 Å². The van der Waals surface area contributed by atoms with E-state index in [-0.39, 0.29) is 12.2 Å². The fourth-order valence-corrected chi connectivity index (χ4v) is 10.8. The predicted octanol–water partition coefficient (Wildman–Crippen LogP) is 8.64. The molecular formula is C27H54O3Si2. The normalized spacial score (nSPS) is 20.7. The van der Waals surface area contributed by atoms with Crippen LogP contribution in [0.4, 0.5) is 0 Å². The van der Waals surface area contributed by atoms with Crippen molar-refractivity contribution >= 4 is 16.6 Å². The second-order valence-electron chi connectivity index (χ2n) is 10.1. The van der Waals surface area contributed by atoms with Gasteiger partial charge in [-0.1, -0.05) is 53.7 Å². The van der Waals surface area contributed by atoms with Gasteiger partial charge in [-0.2, -0.15) is 0 Å². The van der Waals surface area contributed by atoms with Crippen molar-refractivity contribution in [3.63, 3.8) is 0 Å². The van der Waals surface area contributed by atoms with Crippen LogP contribution in [0.3, 0.4) is 0 Å². The summed E-state index contributed by atoms with van der Waals surface area (Å²) in [7, 11) is -3.08. The lowest BCUT2D eigenvalue weighted by atomic mass is 10.00. The number of hydrogen-bond donors (Lipinski definition) is 0. The van der Waals surface area contributed by atoms with Gasteiger partial charge in [0.2, 0.25) is 0 Å². The number of ether oxygens (including phenoxy) is 1. The second kappa shape index (κ2) is 14.9. The van der Waals surface area contributed by atoms with E-state index >= 15 is 0 Å². The summed E-state index contributed by atoms with van der Waals surface area (Å²) < 4.78 is 19.7. The quantitative estimate of drug-likeness (QED) is 0.111. The Bertz CT molecular complexity index is 539. The molecule has 0 spiro atoms. The molecule has 0 aromatic carbocycles. The van der Waals surface area contributed by atoms with Crippen LogP contribution in [0.15, 0.2) is 24.3 Å². The molecule has 0 aromatic rings. The first-order valence-electron chi connectivity index (χ1n) is 13.5. The molecule has 0 saturated carbocycles. The molecule has 0 aliphatic carbocycles. The highest BCUT2D eigenvalue weighted by Gasteiger charge is 2.34. The molecule has 32 heavy (non-hydrogen) atoms. The van der Waals surface area contributed by atoms with Crippen molar-refractivity contribution in [2.75, 3.05) is 6.61 Å². The highest BCUT2D eigenvalue weighted by molar-refractivity contribution is 6.74. The van der Waals surface area contributed by atoms with Gasteiger partial charge in [0.05, 0.1) is 12.2 Å². The van der Waals surface area contributed by atoms with E-state index in [0.29, 0.717) is 6.10 Å². The van der Waals surface area contributed by atoms with Crippen molar-refractivity contribution in [2.24, 2.45) is 0 Å². The maximum atomic E-state index is 6.84. The molecule has 1 rings (SSSR count). The highest BCUT2D eigenvalue weighted by Crippen LogP contribution is 2.33. The standard InChI is InChI=1S/C27H54O3Si2/c1-10-31(11-2,12-3)28-20-16-17-25-22-24(9)27(29-25)19-18-26(21-23(7)8)30-32(13-4,14-5)15-6/h25-27H,7,9-22H2,1-6,8H3/t25-,26+,27?/m0/s1. The van der Waals surface area contributed by atoms with Crippen LogP contribution in [0.1, 0.15) is 87.0 Å². The maximum Gasteiger partial charge on any atom is 0.192 e. The van der Waals surface area contributed by atoms with Crippen LogP contribution >= 0.6 is 0 Å². The summed E-state index contributed by atoms with van der Waals surface area (Å²) in [6, 6.07) is 7.27. The molecule has 1 unspecified atom stereocenters. The third kappa shape index (κ3) is 9.21. The van der Waals surface area contributed by atoms with Crippen LogP contribution in [-0.4, -0.2) is 41.6 Å². The Morgan fingerprint density at radius 3 is 2.03 bits per heavy atom. The average Bonchev–Trinajstić information content (AvgIpc) is 3.15. The molecule has 0 bridgehead atoms. The van der Waals surface area contributed by atoms with Crippen LogP contribution in [0, 0.1) is 0 Å². The Labute approximate surface area is 202 Å². The summed E-state index contributed by atoms with van der Waals surface area (Å²) in [6.07, 6.45) is 6.98. The van der Waals surface area contributed by atoms with E-state index in [0.717, 1.165) is 45.1 Å². The molecule has 5 heteroatoms. The minimum absolute atomic E-state index is 0.188. The van der Waals surface area contributed by atoms with Crippen molar-refractivity contribution in [1.29, 1.82) is 0 Å². The third-order valence-electron chi connectivity index (χ3n) is 7.99. The first kappa shape index (κ1) is 29.8. The van der Waals surface area contributed by atoms with Gasteiger partial charge in [-0.25, -0.2) is 0 Å². The minimum atomic E-state index is -1.62. The van der Waals surface area contributed by atoms with Crippen molar-refractivity contribution in [2.45, 2.75) is 142 Å². The second-order valence-corrected chi connectivity index (χ2v) is 19.6. The van der Waals surface area contributed by atoms with Crippen LogP contribution < -0.4 is 0 Å². The van der Waals surface area contributed by atoms with E-state index in [9.17, 15) is 0 Å². The zero-order valence-electron chi connectivity index (χ0n) is 22.6. The topological polar surface area (TPSA) is 27.7 Å². The van der Waals surface area contributed by atoms with Gasteiger partial charge in [0.15, 0.2) is 16.6 Å². The Morgan fingerprint density at radius 1 is 0.969 bits per heavy atom. The fourth-order valence-electron chi connectivity index (χ4n) is 5.18. The highest BCUT2D eigenvalue weighted by atomic mass is 28.4. The van der Waals surface area contributed by atoms with Gasteiger partial charge in [0, 0.05) is 12.7 Å². The van der Waals surface area contributed by atoms with Gasteiger partial charge < -0.3 is 13.6 Å². The molecule has 0 aromatic heterocycles. The molecule has 1 heterocycles. The van der Waals surface area contributed by atoms with Gasteiger partial charge in [-0.15, -0.1) is 6.58 Å². The van der Waals surface area contributed by atoms with Crippen LogP contribution in [0.5, 0.6) is 0 Å². The minimum Gasteiger partial charge on any atom is -0.417 e. The average molecular weight is 483 g/mol. The van der Waals surface area contributed by atoms with E-state index in [1.807, 2.05) is 0 Å². The summed E-state index contributed by atoms with van der Waals surface area (Å²) in [5.74, 6) is 0.